The van der Waals surface area contributed by atoms with E-state index in [2.05, 4.69) is 5.32 Å². The number of fused-ring (bicyclic) bond motifs is 1. The van der Waals surface area contributed by atoms with Gasteiger partial charge in [0.1, 0.15) is 0 Å². The van der Waals surface area contributed by atoms with Crippen LogP contribution in [0.15, 0.2) is 12.1 Å². The van der Waals surface area contributed by atoms with Gasteiger partial charge in [-0.1, -0.05) is 0 Å². The molecule has 0 unspecified atom stereocenters. The summed E-state index contributed by atoms with van der Waals surface area (Å²) in [6, 6.07) is 3.19. The van der Waals surface area contributed by atoms with Gasteiger partial charge in [-0.05, 0) is 26.8 Å². The molecule has 28 heavy (non-hydrogen) atoms. The first-order chi connectivity index (χ1) is 13.3. The topological polar surface area (TPSA) is 97.4 Å². The van der Waals surface area contributed by atoms with Crippen LogP contribution in [0.5, 0.6) is 11.5 Å². The maximum Gasteiger partial charge on any atom is 0.410 e. The molecular weight excluding hydrogens is 366 g/mol. The van der Waals surface area contributed by atoms with Crippen molar-refractivity contribution in [3.63, 3.8) is 0 Å². The van der Waals surface area contributed by atoms with E-state index in [0.29, 0.717) is 48.9 Å². The van der Waals surface area contributed by atoms with Crippen LogP contribution < -0.4 is 14.8 Å². The minimum absolute atomic E-state index is 0.0909. The van der Waals surface area contributed by atoms with Crippen LogP contribution in [0.4, 0.5) is 10.5 Å². The van der Waals surface area contributed by atoms with E-state index in [1.54, 1.807) is 17.0 Å². The lowest BCUT2D eigenvalue weighted by Crippen LogP contribution is -2.50. The summed E-state index contributed by atoms with van der Waals surface area (Å²) in [5.41, 5.74) is 0.778. The number of amides is 2. The van der Waals surface area contributed by atoms with Crippen molar-refractivity contribution >= 4 is 23.5 Å². The number of ketones is 1. The molecule has 9 nitrogen and oxygen atoms in total. The highest BCUT2D eigenvalue weighted by Gasteiger charge is 2.25. The van der Waals surface area contributed by atoms with E-state index in [4.69, 9.17) is 14.2 Å². The Morgan fingerprint density at radius 1 is 1.11 bits per heavy atom. The number of Topliss-reactive ketones (excluding diaryl/α,β-unsaturated/α-hetero) is 1. The second kappa shape index (κ2) is 8.47. The Bertz CT molecular complexity index is 771. The summed E-state index contributed by atoms with van der Waals surface area (Å²) < 4.78 is 15.8. The molecule has 2 aliphatic heterocycles. The minimum atomic E-state index is -0.328. The van der Waals surface area contributed by atoms with Gasteiger partial charge in [-0.3, -0.25) is 14.5 Å². The molecule has 152 valence electrons. The number of rotatable bonds is 5. The predicted molar refractivity (Wildman–Crippen MR) is 101 cm³/mol. The Kier molecular flexibility index (Phi) is 6.03. The van der Waals surface area contributed by atoms with E-state index in [0.717, 1.165) is 0 Å². The summed E-state index contributed by atoms with van der Waals surface area (Å²) in [5.74, 6) is 0.579. The van der Waals surface area contributed by atoms with Crippen molar-refractivity contribution in [2.24, 2.45) is 0 Å². The summed E-state index contributed by atoms with van der Waals surface area (Å²) in [6.45, 7) is 7.45. The van der Waals surface area contributed by atoms with E-state index < -0.39 is 0 Å². The molecule has 9 heteroatoms. The van der Waals surface area contributed by atoms with Gasteiger partial charge in [-0.2, -0.15) is 0 Å². The van der Waals surface area contributed by atoms with Crippen molar-refractivity contribution in [3.8, 4) is 11.5 Å². The zero-order valence-electron chi connectivity index (χ0n) is 16.3. The average molecular weight is 391 g/mol. The lowest BCUT2D eigenvalue weighted by molar-refractivity contribution is -0.117. The van der Waals surface area contributed by atoms with Crippen LogP contribution in [0, 0.1) is 0 Å². The molecule has 0 spiro atoms. The monoisotopic (exact) mass is 391 g/mol. The Morgan fingerprint density at radius 2 is 1.75 bits per heavy atom. The number of piperazine rings is 1. The van der Waals surface area contributed by atoms with Crippen molar-refractivity contribution in [3.05, 3.63) is 17.7 Å². The zero-order valence-corrected chi connectivity index (χ0v) is 16.3. The van der Waals surface area contributed by atoms with Gasteiger partial charge in [0, 0.05) is 37.8 Å². The molecule has 0 radical (unpaired) electrons. The van der Waals surface area contributed by atoms with Crippen LogP contribution in [0.3, 0.4) is 0 Å². The minimum Gasteiger partial charge on any atom is -0.454 e. The number of carbonyl (C=O) groups is 3. The number of ether oxygens (including phenoxy) is 3. The van der Waals surface area contributed by atoms with E-state index >= 15 is 0 Å². The number of anilines is 1. The number of nitrogens with one attached hydrogen (secondary N) is 1. The summed E-state index contributed by atoms with van der Waals surface area (Å²) in [5, 5.41) is 2.79. The lowest BCUT2D eigenvalue weighted by Gasteiger charge is -2.34. The van der Waals surface area contributed by atoms with Gasteiger partial charge in [0.05, 0.1) is 18.3 Å². The Morgan fingerprint density at radius 3 is 2.36 bits per heavy atom. The zero-order chi connectivity index (χ0) is 20.3. The van der Waals surface area contributed by atoms with Crippen molar-refractivity contribution in [2.75, 3.05) is 44.8 Å². The highest BCUT2D eigenvalue weighted by Crippen LogP contribution is 2.37. The fourth-order valence-electron chi connectivity index (χ4n) is 3.09. The molecule has 0 saturated carbocycles. The SMILES string of the molecule is CC(=O)c1cc2c(cc1NC(=O)CN1CCN(C(=O)OC(C)C)CC1)OCO2. The maximum atomic E-state index is 12.5. The quantitative estimate of drug-likeness (QED) is 0.763. The highest BCUT2D eigenvalue weighted by atomic mass is 16.7. The van der Waals surface area contributed by atoms with Crippen LogP contribution in [0.1, 0.15) is 31.1 Å². The normalized spacial score (nSPS) is 16.2. The molecule has 0 bridgehead atoms. The van der Waals surface area contributed by atoms with Crippen LogP contribution in [0.2, 0.25) is 0 Å². The van der Waals surface area contributed by atoms with Crippen molar-refractivity contribution in [1.29, 1.82) is 0 Å². The molecule has 2 aliphatic rings. The third kappa shape index (κ3) is 4.72. The van der Waals surface area contributed by atoms with E-state index in [1.165, 1.54) is 6.92 Å². The molecule has 1 aromatic rings. The molecule has 1 aromatic carbocycles. The smallest absolute Gasteiger partial charge is 0.410 e. The third-order valence-electron chi connectivity index (χ3n) is 4.50. The largest absolute Gasteiger partial charge is 0.454 e. The Balaban J connectivity index is 1.56. The van der Waals surface area contributed by atoms with E-state index in [1.807, 2.05) is 18.7 Å². The average Bonchev–Trinajstić information content (AvgIpc) is 3.08. The highest BCUT2D eigenvalue weighted by molar-refractivity contribution is 6.05. The van der Waals surface area contributed by atoms with Crippen LogP contribution in [-0.2, 0) is 9.53 Å². The molecule has 1 N–H and O–H groups in total. The van der Waals surface area contributed by atoms with Gasteiger partial charge in [-0.25, -0.2) is 4.79 Å². The van der Waals surface area contributed by atoms with Gasteiger partial charge < -0.3 is 24.4 Å². The van der Waals surface area contributed by atoms with Gasteiger partial charge in [0.25, 0.3) is 0 Å². The van der Waals surface area contributed by atoms with Crippen LogP contribution in [-0.4, -0.2) is 73.2 Å². The van der Waals surface area contributed by atoms with E-state index in [-0.39, 0.29) is 37.2 Å². The summed E-state index contributed by atoms with van der Waals surface area (Å²) >= 11 is 0. The summed E-state index contributed by atoms with van der Waals surface area (Å²) in [4.78, 5) is 39.9. The van der Waals surface area contributed by atoms with Gasteiger partial charge >= 0.3 is 6.09 Å². The van der Waals surface area contributed by atoms with Gasteiger partial charge in [-0.15, -0.1) is 0 Å². The molecular formula is C19H25N3O6. The van der Waals surface area contributed by atoms with Gasteiger partial charge in [0.2, 0.25) is 12.7 Å². The number of benzene rings is 1. The van der Waals surface area contributed by atoms with Gasteiger partial charge in [0.15, 0.2) is 17.3 Å². The second-order valence-electron chi connectivity index (χ2n) is 7.05. The van der Waals surface area contributed by atoms with Crippen LogP contribution >= 0.6 is 0 Å². The second-order valence-corrected chi connectivity index (χ2v) is 7.05. The first kappa shape index (κ1) is 19.9. The molecule has 2 heterocycles. The summed E-state index contributed by atoms with van der Waals surface area (Å²) in [6.07, 6.45) is -0.487. The van der Waals surface area contributed by atoms with Crippen molar-refractivity contribution < 1.29 is 28.6 Å². The molecule has 3 rings (SSSR count). The lowest BCUT2D eigenvalue weighted by atomic mass is 10.1. The first-order valence-corrected chi connectivity index (χ1v) is 9.26. The van der Waals surface area contributed by atoms with Crippen molar-refractivity contribution in [1.82, 2.24) is 9.80 Å². The van der Waals surface area contributed by atoms with Crippen LogP contribution in [0.25, 0.3) is 0 Å². The summed E-state index contributed by atoms with van der Waals surface area (Å²) in [7, 11) is 0. The first-order valence-electron chi connectivity index (χ1n) is 9.26. The number of carbonyl (C=O) groups excluding carboxylic acids is 3. The Labute approximate surface area is 163 Å². The number of hydrogen-bond acceptors (Lipinski definition) is 7. The molecule has 1 saturated heterocycles. The Hall–Kier alpha value is -2.81. The fraction of sp³-hybridized carbons (Fsp3) is 0.526. The molecule has 0 aliphatic carbocycles. The standard InChI is InChI=1S/C19H25N3O6/c1-12(2)28-19(25)22-6-4-21(5-7-22)10-18(24)20-15-9-17-16(26-11-27-17)8-14(15)13(3)23/h8-9,12H,4-7,10-11H2,1-3H3,(H,20,24). The number of hydrogen-bond donors (Lipinski definition) is 1. The molecule has 2 amide bonds. The molecule has 0 atom stereocenters. The van der Waals surface area contributed by atoms with Crippen molar-refractivity contribution in [2.45, 2.75) is 26.9 Å². The molecule has 0 aromatic heterocycles. The third-order valence-corrected chi connectivity index (χ3v) is 4.50. The number of nitrogens with zero attached hydrogens (tertiary/aromatic N) is 2. The van der Waals surface area contributed by atoms with E-state index in [9.17, 15) is 14.4 Å². The predicted octanol–water partition coefficient (Wildman–Crippen LogP) is 1.72. The molecule has 1 fully saturated rings. The maximum absolute atomic E-state index is 12.5. The fourth-order valence-corrected chi connectivity index (χ4v) is 3.09.